The van der Waals surface area contributed by atoms with Gasteiger partial charge in [0.2, 0.25) is 5.91 Å². The van der Waals surface area contributed by atoms with Gasteiger partial charge in [-0.3, -0.25) is 24.2 Å². The number of ether oxygens (including phenoxy) is 2. The van der Waals surface area contributed by atoms with Crippen molar-refractivity contribution in [3.05, 3.63) is 58.7 Å². The van der Waals surface area contributed by atoms with E-state index in [0.29, 0.717) is 102 Å². The molecule has 60 heavy (non-hydrogen) atoms. The number of esters is 1. The third-order valence-electron chi connectivity index (χ3n) is 13.1. The number of aromatic hydroxyl groups is 1. The molecule has 5 aliphatic rings. The molecule has 7 rings (SSSR count). The summed E-state index contributed by atoms with van der Waals surface area (Å²) in [7, 11) is 0. The second kappa shape index (κ2) is 20.1. The van der Waals surface area contributed by atoms with Crippen molar-refractivity contribution in [3.63, 3.8) is 0 Å². The SMILES string of the molecule is Cc1cc(C[C@@H](OC(=O)N2CCC(N3CCc4ccccc4NC3=O)CC2)C(=O)N2CCN(C3CCN(CC(=O)OCCCN4CCCCC4=O)CC3)CC2)cc(C)c1O. The minimum Gasteiger partial charge on any atom is -0.507 e. The number of piperazine rings is 1. The Balaban J connectivity index is 0.876. The van der Waals surface area contributed by atoms with Gasteiger partial charge in [-0.1, -0.05) is 30.3 Å². The highest BCUT2D eigenvalue weighted by molar-refractivity contribution is 5.91. The Morgan fingerprint density at radius 2 is 1.52 bits per heavy atom. The van der Waals surface area contributed by atoms with Crippen LogP contribution < -0.4 is 5.32 Å². The number of para-hydroxylation sites is 1. The standard InChI is InChI=1S/C45H63N7O8/c1-32-28-34(29-33(2)42(32)55)30-39(60-45(58)51-20-14-37(15-21-51)52-22-11-35-8-3-4-9-38(35)46-44(52)57)43(56)50-25-23-48(24-26-50)36-12-18-47(19-13-36)31-41(54)59-27-7-17-49-16-6-5-10-40(49)53/h3-4,8-9,28-29,36-37,39,55H,5-7,10-27,30-31H2,1-2H3,(H,46,57)/t39-/m1/s1. The summed E-state index contributed by atoms with van der Waals surface area (Å²) < 4.78 is 11.6. The average molecular weight is 830 g/mol. The number of rotatable bonds is 12. The van der Waals surface area contributed by atoms with Crippen molar-refractivity contribution < 1.29 is 38.6 Å². The molecule has 2 N–H and O–H groups in total. The molecular weight excluding hydrogens is 767 g/mol. The van der Waals surface area contributed by atoms with Gasteiger partial charge in [0, 0.05) is 103 Å². The molecule has 2 aromatic carbocycles. The van der Waals surface area contributed by atoms with Crippen LogP contribution in [0.25, 0.3) is 0 Å². The first-order chi connectivity index (χ1) is 29.0. The van der Waals surface area contributed by atoms with Gasteiger partial charge in [0.1, 0.15) is 5.75 Å². The van der Waals surface area contributed by atoms with E-state index in [2.05, 4.69) is 15.1 Å². The number of hydrogen-bond acceptors (Lipinski definition) is 10. The molecule has 5 aliphatic heterocycles. The van der Waals surface area contributed by atoms with Crippen molar-refractivity contribution in [2.24, 2.45) is 0 Å². The van der Waals surface area contributed by atoms with Crippen LogP contribution in [-0.4, -0.2) is 168 Å². The summed E-state index contributed by atoms with van der Waals surface area (Å²) >= 11 is 0. The fraction of sp³-hybridized carbons (Fsp3) is 0.622. The molecule has 4 saturated heterocycles. The molecule has 15 heteroatoms. The number of carbonyl (C=O) groups excluding carboxylic acids is 5. The number of fused-ring (bicyclic) bond motifs is 1. The molecular formula is C45H63N7O8. The van der Waals surface area contributed by atoms with Crippen LogP contribution in [0, 0.1) is 13.8 Å². The molecule has 0 saturated carbocycles. The van der Waals surface area contributed by atoms with Gasteiger partial charge in [-0.05, 0) is 93.5 Å². The van der Waals surface area contributed by atoms with Crippen molar-refractivity contribution in [2.75, 3.05) is 90.5 Å². The summed E-state index contributed by atoms with van der Waals surface area (Å²) in [6, 6.07) is 11.8. The van der Waals surface area contributed by atoms with Crippen molar-refractivity contribution >= 4 is 35.6 Å². The Morgan fingerprint density at radius 1 is 0.817 bits per heavy atom. The number of nitrogens with zero attached hydrogens (tertiary/aromatic N) is 6. The van der Waals surface area contributed by atoms with Gasteiger partial charge in [0.05, 0.1) is 13.2 Å². The van der Waals surface area contributed by atoms with E-state index in [1.165, 1.54) is 0 Å². The van der Waals surface area contributed by atoms with Crippen LogP contribution in [0.15, 0.2) is 36.4 Å². The third-order valence-corrected chi connectivity index (χ3v) is 13.1. The largest absolute Gasteiger partial charge is 0.507 e. The van der Waals surface area contributed by atoms with E-state index in [-0.39, 0.29) is 48.6 Å². The molecule has 0 aliphatic carbocycles. The summed E-state index contributed by atoms with van der Waals surface area (Å²) in [6.07, 6.45) is 5.72. The molecule has 0 spiro atoms. The molecule has 0 unspecified atom stereocenters. The number of phenols is 1. The second-order valence-electron chi connectivity index (χ2n) is 17.2. The molecule has 4 fully saturated rings. The van der Waals surface area contributed by atoms with Crippen LogP contribution in [0.1, 0.15) is 73.6 Å². The van der Waals surface area contributed by atoms with E-state index < -0.39 is 12.2 Å². The molecule has 2 aromatic rings. The van der Waals surface area contributed by atoms with Crippen LogP contribution in [-0.2, 0) is 36.7 Å². The number of anilines is 1. The van der Waals surface area contributed by atoms with Gasteiger partial charge in [-0.15, -0.1) is 0 Å². The predicted molar refractivity (Wildman–Crippen MR) is 226 cm³/mol. The summed E-state index contributed by atoms with van der Waals surface area (Å²) in [5, 5.41) is 13.5. The van der Waals surface area contributed by atoms with Crippen LogP contribution in [0.3, 0.4) is 0 Å². The highest BCUT2D eigenvalue weighted by Crippen LogP contribution is 2.27. The van der Waals surface area contributed by atoms with Gasteiger partial charge in [0.15, 0.2) is 6.10 Å². The van der Waals surface area contributed by atoms with Crippen molar-refractivity contribution in [3.8, 4) is 5.75 Å². The summed E-state index contributed by atoms with van der Waals surface area (Å²) in [4.78, 5) is 77.5. The Morgan fingerprint density at radius 3 is 2.23 bits per heavy atom. The minimum atomic E-state index is -1.03. The number of phenolic OH excluding ortho intramolecular Hbond substituents is 1. The Hall–Kier alpha value is -4.89. The molecule has 0 radical (unpaired) electrons. The minimum absolute atomic E-state index is 0.0113. The first kappa shape index (κ1) is 43.2. The number of piperidine rings is 3. The predicted octanol–water partition coefficient (Wildman–Crippen LogP) is 4.17. The number of likely N-dealkylation sites (tertiary alicyclic amines) is 3. The smallest absolute Gasteiger partial charge is 0.410 e. The topological polar surface area (TPSA) is 156 Å². The van der Waals surface area contributed by atoms with Gasteiger partial charge < -0.3 is 39.5 Å². The number of urea groups is 1. The number of benzene rings is 2. The number of hydrogen-bond donors (Lipinski definition) is 2. The third kappa shape index (κ3) is 10.9. The summed E-state index contributed by atoms with van der Waals surface area (Å²) in [5.74, 6) is -0.0421. The zero-order valence-corrected chi connectivity index (χ0v) is 35.4. The number of carbonyl (C=O) groups is 5. The van der Waals surface area contributed by atoms with E-state index in [1.807, 2.05) is 64.9 Å². The molecule has 326 valence electrons. The van der Waals surface area contributed by atoms with Crippen LogP contribution in [0.5, 0.6) is 5.75 Å². The lowest BCUT2D eigenvalue weighted by atomic mass is 10.00. The van der Waals surface area contributed by atoms with E-state index in [1.54, 1.807) is 4.90 Å². The zero-order chi connectivity index (χ0) is 42.2. The van der Waals surface area contributed by atoms with Crippen molar-refractivity contribution in [1.82, 2.24) is 29.4 Å². The lowest BCUT2D eigenvalue weighted by molar-refractivity contribution is -0.145. The van der Waals surface area contributed by atoms with E-state index in [0.717, 1.165) is 68.6 Å². The van der Waals surface area contributed by atoms with Gasteiger partial charge in [0.25, 0.3) is 5.91 Å². The highest BCUT2D eigenvalue weighted by Gasteiger charge is 2.37. The Bertz CT molecular complexity index is 1830. The number of aryl methyl sites for hydroxylation is 2. The van der Waals surface area contributed by atoms with E-state index >= 15 is 0 Å². The van der Waals surface area contributed by atoms with Crippen LogP contribution in [0.4, 0.5) is 15.3 Å². The normalized spacial score (nSPS) is 20.6. The first-order valence-corrected chi connectivity index (χ1v) is 22.1. The number of nitrogens with one attached hydrogen (secondary N) is 1. The van der Waals surface area contributed by atoms with Crippen molar-refractivity contribution in [1.29, 1.82) is 0 Å². The fourth-order valence-corrected chi connectivity index (χ4v) is 9.57. The Labute approximate surface area is 353 Å². The Kier molecular flexibility index (Phi) is 14.5. The maximum Gasteiger partial charge on any atom is 0.410 e. The quantitative estimate of drug-likeness (QED) is 0.236. The molecule has 1 atom stereocenters. The van der Waals surface area contributed by atoms with Crippen molar-refractivity contribution in [2.45, 2.75) is 96.2 Å². The monoisotopic (exact) mass is 829 g/mol. The second-order valence-corrected chi connectivity index (χ2v) is 17.2. The lowest BCUT2D eigenvalue weighted by Crippen LogP contribution is -2.57. The maximum absolute atomic E-state index is 14.2. The maximum atomic E-state index is 14.2. The average Bonchev–Trinajstić information content (AvgIpc) is 3.42. The lowest BCUT2D eigenvalue weighted by Gasteiger charge is -2.43. The summed E-state index contributed by atoms with van der Waals surface area (Å²) in [5.41, 5.74) is 4.16. The van der Waals surface area contributed by atoms with Gasteiger partial charge in [-0.2, -0.15) is 0 Å². The first-order valence-electron chi connectivity index (χ1n) is 22.1. The van der Waals surface area contributed by atoms with Crippen LogP contribution >= 0.6 is 0 Å². The van der Waals surface area contributed by atoms with Gasteiger partial charge >= 0.3 is 18.1 Å². The molecule has 15 nitrogen and oxygen atoms in total. The zero-order valence-electron chi connectivity index (χ0n) is 35.4. The molecule has 5 amide bonds. The molecule has 5 heterocycles. The fourth-order valence-electron chi connectivity index (χ4n) is 9.57. The summed E-state index contributed by atoms with van der Waals surface area (Å²) in [6.45, 7) is 11.1. The molecule has 0 bridgehead atoms. The van der Waals surface area contributed by atoms with Crippen LogP contribution in [0.2, 0.25) is 0 Å². The highest BCUT2D eigenvalue weighted by atomic mass is 16.6. The van der Waals surface area contributed by atoms with E-state index in [9.17, 15) is 29.1 Å². The molecule has 0 aromatic heterocycles. The number of amides is 5. The van der Waals surface area contributed by atoms with Gasteiger partial charge in [-0.25, -0.2) is 9.59 Å². The van der Waals surface area contributed by atoms with E-state index in [4.69, 9.17) is 9.47 Å².